The number of nitriles is 1. The molecule has 0 unspecified atom stereocenters. The Morgan fingerprint density at radius 2 is 1.45 bits per heavy atom. The molecule has 0 aliphatic rings. The van der Waals surface area contributed by atoms with Gasteiger partial charge in [-0.05, 0) is 23.6 Å². The van der Waals surface area contributed by atoms with Crippen LogP contribution in [0.1, 0.15) is 24.1 Å². The Morgan fingerprint density at radius 3 is 1.80 bits per heavy atom. The van der Waals surface area contributed by atoms with Crippen LogP contribution in [0.5, 0.6) is 0 Å². The van der Waals surface area contributed by atoms with E-state index in [1.54, 1.807) is 0 Å². The second kappa shape index (κ2) is 6.70. The van der Waals surface area contributed by atoms with Crippen LogP contribution in [-0.2, 0) is 0 Å². The third kappa shape index (κ3) is 3.34. The van der Waals surface area contributed by atoms with Gasteiger partial charge in [0.2, 0.25) is 0 Å². The largest absolute Gasteiger partial charge is 0.288 e. The van der Waals surface area contributed by atoms with Crippen LogP contribution in [0.4, 0.5) is 0 Å². The average Bonchev–Trinajstić information content (AvgIpc) is 2.50. The Balaban J connectivity index is 2.36. The van der Waals surface area contributed by atoms with Crippen molar-refractivity contribution in [2.24, 2.45) is 0 Å². The van der Waals surface area contributed by atoms with E-state index in [2.05, 4.69) is 42.2 Å². The smallest absolute Gasteiger partial charge is 0.117 e. The first-order chi connectivity index (χ1) is 9.72. The maximum atomic E-state index is 9.27. The monoisotopic (exact) mass is 262 g/mol. The standard InChI is InChI=1S/C18H18N2/c1-14(2)17(13-19)20-18(15-9-5-3-6-10-15)16-11-7-4-8-12-16/h3-12,17-18,20H,1H2,2H3/t17-/m1/s1. The van der Waals surface area contributed by atoms with Crippen LogP contribution in [0.15, 0.2) is 72.8 Å². The Hall–Kier alpha value is -2.37. The summed E-state index contributed by atoms with van der Waals surface area (Å²) in [7, 11) is 0. The van der Waals surface area contributed by atoms with Crippen LogP contribution in [0.25, 0.3) is 0 Å². The van der Waals surface area contributed by atoms with Gasteiger partial charge in [0.05, 0.1) is 12.1 Å². The summed E-state index contributed by atoms with van der Waals surface area (Å²) in [4.78, 5) is 0. The highest BCUT2D eigenvalue weighted by molar-refractivity contribution is 5.33. The van der Waals surface area contributed by atoms with E-state index in [9.17, 15) is 5.26 Å². The molecule has 2 nitrogen and oxygen atoms in total. The van der Waals surface area contributed by atoms with Crippen molar-refractivity contribution in [1.82, 2.24) is 5.32 Å². The van der Waals surface area contributed by atoms with E-state index in [-0.39, 0.29) is 12.1 Å². The van der Waals surface area contributed by atoms with E-state index in [1.807, 2.05) is 43.3 Å². The zero-order chi connectivity index (χ0) is 14.4. The van der Waals surface area contributed by atoms with Gasteiger partial charge in [0.1, 0.15) is 6.04 Å². The average molecular weight is 262 g/mol. The molecule has 2 aromatic carbocycles. The summed E-state index contributed by atoms with van der Waals surface area (Å²) >= 11 is 0. The summed E-state index contributed by atoms with van der Waals surface area (Å²) in [6.45, 7) is 5.75. The Morgan fingerprint density at radius 1 is 1.00 bits per heavy atom. The second-order valence-corrected chi connectivity index (χ2v) is 4.83. The lowest BCUT2D eigenvalue weighted by atomic mass is 9.97. The quantitative estimate of drug-likeness (QED) is 0.831. The molecule has 0 radical (unpaired) electrons. The number of nitrogens with one attached hydrogen (secondary N) is 1. The first-order valence-corrected chi connectivity index (χ1v) is 6.63. The molecule has 20 heavy (non-hydrogen) atoms. The number of nitrogens with zero attached hydrogens (tertiary/aromatic N) is 1. The Labute approximate surface area is 120 Å². The van der Waals surface area contributed by atoms with Crippen LogP contribution < -0.4 is 5.32 Å². The van der Waals surface area contributed by atoms with E-state index in [4.69, 9.17) is 0 Å². The maximum Gasteiger partial charge on any atom is 0.117 e. The van der Waals surface area contributed by atoms with Gasteiger partial charge in [-0.3, -0.25) is 5.32 Å². The summed E-state index contributed by atoms with van der Waals surface area (Å²) in [5, 5.41) is 12.6. The summed E-state index contributed by atoms with van der Waals surface area (Å²) in [5.41, 5.74) is 3.10. The highest BCUT2D eigenvalue weighted by atomic mass is 15.0. The fourth-order valence-electron chi connectivity index (χ4n) is 2.13. The van der Waals surface area contributed by atoms with Crippen LogP contribution >= 0.6 is 0 Å². The molecule has 2 heteroatoms. The first-order valence-electron chi connectivity index (χ1n) is 6.63. The van der Waals surface area contributed by atoms with Gasteiger partial charge in [-0.15, -0.1) is 0 Å². The molecular formula is C18H18N2. The minimum Gasteiger partial charge on any atom is -0.288 e. The minimum absolute atomic E-state index is 0.0150. The van der Waals surface area contributed by atoms with Crippen molar-refractivity contribution >= 4 is 0 Å². The van der Waals surface area contributed by atoms with Crippen molar-refractivity contribution in [3.63, 3.8) is 0 Å². The van der Waals surface area contributed by atoms with Gasteiger partial charge in [0.25, 0.3) is 0 Å². The molecular weight excluding hydrogens is 244 g/mol. The fourth-order valence-corrected chi connectivity index (χ4v) is 2.13. The predicted octanol–water partition coefficient (Wildman–Crippen LogP) is 3.83. The van der Waals surface area contributed by atoms with Crippen LogP contribution in [0.2, 0.25) is 0 Å². The summed E-state index contributed by atoms with van der Waals surface area (Å²) in [6, 6.07) is 22.2. The van der Waals surface area contributed by atoms with Crippen molar-refractivity contribution in [2.75, 3.05) is 0 Å². The second-order valence-electron chi connectivity index (χ2n) is 4.83. The molecule has 0 aliphatic heterocycles. The Bertz CT molecular complexity index is 557. The van der Waals surface area contributed by atoms with Gasteiger partial charge in [-0.1, -0.05) is 67.2 Å². The number of hydrogen-bond acceptors (Lipinski definition) is 2. The van der Waals surface area contributed by atoms with Crippen LogP contribution in [0, 0.1) is 11.3 Å². The topological polar surface area (TPSA) is 35.8 Å². The molecule has 0 heterocycles. The molecule has 100 valence electrons. The summed E-state index contributed by atoms with van der Waals surface area (Å²) < 4.78 is 0. The molecule has 0 bridgehead atoms. The molecule has 2 aromatic rings. The van der Waals surface area contributed by atoms with Crippen molar-refractivity contribution in [2.45, 2.75) is 19.0 Å². The highest BCUT2D eigenvalue weighted by Crippen LogP contribution is 2.23. The van der Waals surface area contributed by atoms with Crippen molar-refractivity contribution < 1.29 is 0 Å². The maximum absolute atomic E-state index is 9.27. The molecule has 0 aliphatic carbocycles. The van der Waals surface area contributed by atoms with E-state index in [0.29, 0.717) is 0 Å². The van der Waals surface area contributed by atoms with E-state index < -0.39 is 0 Å². The molecule has 0 fully saturated rings. The number of rotatable bonds is 5. The van der Waals surface area contributed by atoms with E-state index in [0.717, 1.165) is 16.7 Å². The normalized spacial score (nSPS) is 11.8. The van der Waals surface area contributed by atoms with Gasteiger partial charge >= 0.3 is 0 Å². The summed E-state index contributed by atoms with van der Waals surface area (Å²) in [6.07, 6.45) is 0. The molecule has 0 aromatic heterocycles. The number of hydrogen-bond donors (Lipinski definition) is 1. The van der Waals surface area contributed by atoms with Gasteiger partial charge in [-0.2, -0.15) is 5.26 Å². The lowest BCUT2D eigenvalue weighted by molar-refractivity contribution is 0.584. The van der Waals surface area contributed by atoms with E-state index >= 15 is 0 Å². The molecule has 2 rings (SSSR count). The van der Waals surface area contributed by atoms with Gasteiger partial charge < -0.3 is 0 Å². The SMILES string of the molecule is C=C(C)[C@@H](C#N)NC(c1ccccc1)c1ccccc1. The zero-order valence-corrected chi connectivity index (χ0v) is 11.6. The first kappa shape index (κ1) is 14.0. The van der Waals surface area contributed by atoms with Crippen LogP contribution in [-0.4, -0.2) is 6.04 Å². The van der Waals surface area contributed by atoms with E-state index in [1.165, 1.54) is 0 Å². The third-order valence-electron chi connectivity index (χ3n) is 3.22. The van der Waals surface area contributed by atoms with Gasteiger partial charge in [0, 0.05) is 0 Å². The predicted molar refractivity (Wildman–Crippen MR) is 82.1 cm³/mol. The fraction of sp³-hybridized carbons (Fsp3) is 0.167. The molecule has 0 saturated heterocycles. The zero-order valence-electron chi connectivity index (χ0n) is 11.6. The molecule has 0 spiro atoms. The minimum atomic E-state index is -0.361. The molecule has 0 saturated carbocycles. The van der Waals surface area contributed by atoms with Gasteiger partial charge in [-0.25, -0.2) is 0 Å². The van der Waals surface area contributed by atoms with Crippen LogP contribution in [0.3, 0.4) is 0 Å². The third-order valence-corrected chi connectivity index (χ3v) is 3.22. The molecule has 0 amide bonds. The van der Waals surface area contributed by atoms with Crippen molar-refractivity contribution in [3.05, 3.63) is 83.9 Å². The lowest BCUT2D eigenvalue weighted by Crippen LogP contribution is -2.33. The lowest BCUT2D eigenvalue weighted by Gasteiger charge is -2.23. The summed E-state index contributed by atoms with van der Waals surface area (Å²) in [5.74, 6) is 0. The van der Waals surface area contributed by atoms with Crippen molar-refractivity contribution in [3.8, 4) is 6.07 Å². The molecule has 1 atom stereocenters. The molecule has 1 N–H and O–H groups in total. The Kier molecular flexibility index (Phi) is 4.70. The van der Waals surface area contributed by atoms with Gasteiger partial charge in [0.15, 0.2) is 0 Å². The number of benzene rings is 2. The van der Waals surface area contributed by atoms with Crippen molar-refractivity contribution in [1.29, 1.82) is 5.26 Å². The highest BCUT2D eigenvalue weighted by Gasteiger charge is 2.18.